The second kappa shape index (κ2) is 9.61. The Kier molecular flexibility index (Phi) is 6.47. The Balaban J connectivity index is 1.52. The maximum absolute atomic E-state index is 13.5. The lowest BCUT2D eigenvalue weighted by Crippen LogP contribution is -2.28. The summed E-state index contributed by atoms with van der Waals surface area (Å²) >= 11 is 1.28. The molecule has 0 bridgehead atoms. The Bertz CT molecular complexity index is 1130. The van der Waals surface area contributed by atoms with Crippen molar-refractivity contribution in [3.8, 4) is 5.69 Å². The van der Waals surface area contributed by atoms with E-state index in [1.165, 1.54) is 23.9 Å². The Morgan fingerprint density at radius 2 is 1.87 bits per heavy atom. The van der Waals surface area contributed by atoms with Gasteiger partial charge < -0.3 is 9.73 Å². The lowest BCUT2D eigenvalue weighted by Gasteiger charge is -2.12. The predicted molar refractivity (Wildman–Crippen MR) is 117 cm³/mol. The number of amides is 1. The van der Waals surface area contributed by atoms with Gasteiger partial charge >= 0.3 is 0 Å². The summed E-state index contributed by atoms with van der Waals surface area (Å²) in [6.45, 7) is 1.86. The molecule has 0 saturated carbocycles. The van der Waals surface area contributed by atoms with Crippen LogP contribution in [0.2, 0.25) is 0 Å². The van der Waals surface area contributed by atoms with Crippen molar-refractivity contribution in [2.45, 2.75) is 24.5 Å². The molecule has 0 fully saturated rings. The van der Waals surface area contributed by atoms with Gasteiger partial charge in [-0.05, 0) is 48.9 Å². The monoisotopic (exact) mass is 436 g/mol. The molecule has 4 rings (SSSR count). The van der Waals surface area contributed by atoms with Crippen molar-refractivity contribution in [3.05, 3.63) is 96.0 Å². The zero-order valence-electron chi connectivity index (χ0n) is 16.9. The lowest BCUT2D eigenvalue weighted by atomic mass is 10.1. The van der Waals surface area contributed by atoms with Gasteiger partial charge in [-0.3, -0.25) is 9.36 Å². The van der Waals surface area contributed by atoms with Crippen molar-refractivity contribution < 1.29 is 13.6 Å². The highest BCUT2D eigenvalue weighted by atomic mass is 32.2. The van der Waals surface area contributed by atoms with Crippen LogP contribution < -0.4 is 5.32 Å². The van der Waals surface area contributed by atoms with Crippen molar-refractivity contribution in [3.63, 3.8) is 0 Å². The first kappa shape index (κ1) is 20.9. The van der Waals surface area contributed by atoms with Crippen LogP contribution in [0, 0.1) is 5.82 Å². The summed E-state index contributed by atoms with van der Waals surface area (Å²) in [5.74, 6) is 1.10. The number of hydrogen-bond donors (Lipinski definition) is 1. The molecular weight excluding hydrogens is 415 g/mol. The summed E-state index contributed by atoms with van der Waals surface area (Å²) in [6, 6.07) is 19.4. The van der Waals surface area contributed by atoms with Gasteiger partial charge in [0.1, 0.15) is 17.4 Å². The lowest BCUT2D eigenvalue weighted by molar-refractivity contribution is -0.119. The first-order valence-corrected chi connectivity index (χ1v) is 10.8. The van der Waals surface area contributed by atoms with E-state index in [4.69, 9.17) is 4.42 Å². The van der Waals surface area contributed by atoms with E-state index in [0.29, 0.717) is 23.2 Å². The summed E-state index contributed by atoms with van der Waals surface area (Å²) in [6.07, 6.45) is 2.14. The van der Waals surface area contributed by atoms with E-state index in [2.05, 4.69) is 15.5 Å². The third-order valence-corrected chi connectivity index (χ3v) is 5.60. The minimum atomic E-state index is -0.318. The maximum Gasteiger partial charge on any atom is 0.231 e. The molecule has 1 N–H and O–H groups in total. The van der Waals surface area contributed by atoms with Crippen LogP contribution in [0.3, 0.4) is 0 Å². The number of benzene rings is 2. The minimum absolute atomic E-state index is 0.146. The Hall–Kier alpha value is -3.39. The fraction of sp³-hybridized carbons (Fsp3) is 0.174. The number of carbonyl (C=O) groups excluding carboxylic acids is 1. The summed E-state index contributed by atoms with van der Waals surface area (Å²) in [7, 11) is 0. The predicted octanol–water partition coefficient (Wildman–Crippen LogP) is 4.56. The molecule has 1 amide bonds. The van der Waals surface area contributed by atoms with E-state index in [9.17, 15) is 9.18 Å². The minimum Gasteiger partial charge on any atom is -0.467 e. The summed E-state index contributed by atoms with van der Waals surface area (Å²) in [5.41, 5.74) is 1.82. The molecule has 6 nitrogen and oxygen atoms in total. The molecule has 0 spiro atoms. The molecule has 0 aliphatic carbocycles. The smallest absolute Gasteiger partial charge is 0.231 e. The highest BCUT2D eigenvalue weighted by molar-refractivity contribution is 7.99. The largest absolute Gasteiger partial charge is 0.467 e. The van der Waals surface area contributed by atoms with Crippen molar-refractivity contribution in [2.75, 3.05) is 5.75 Å². The van der Waals surface area contributed by atoms with Gasteiger partial charge in [0.05, 0.1) is 18.1 Å². The fourth-order valence-corrected chi connectivity index (χ4v) is 3.94. The van der Waals surface area contributed by atoms with Gasteiger partial charge in [-0.15, -0.1) is 10.2 Å². The molecule has 1 unspecified atom stereocenters. The van der Waals surface area contributed by atoms with E-state index < -0.39 is 0 Å². The van der Waals surface area contributed by atoms with Gasteiger partial charge in [-0.1, -0.05) is 42.1 Å². The summed E-state index contributed by atoms with van der Waals surface area (Å²) in [5, 5.41) is 12.1. The maximum atomic E-state index is 13.5. The zero-order chi connectivity index (χ0) is 21.6. The van der Waals surface area contributed by atoms with Crippen molar-refractivity contribution in [1.29, 1.82) is 0 Å². The molecule has 4 aromatic rings. The first-order chi connectivity index (χ1) is 15.1. The van der Waals surface area contributed by atoms with Crippen LogP contribution in [0.5, 0.6) is 0 Å². The third kappa shape index (κ3) is 5.21. The van der Waals surface area contributed by atoms with Gasteiger partial charge in [0, 0.05) is 12.1 Å². The number of rotatable bonds is 8. The molecule has 2 aromatic heterocycles. The average Bonchev–Trinajstić information content (AvgIpc) is 3.44. The number of halogens is 1. The zero-order valence-corrected chi connectivity index (χ0v) is 17.7. The number of nitrogens with one attached hydrogen (secondary N) is 1. The van der Waals surface area contributed by atoms with Crippen molar-refractivity contribution in [1.82, 2.24) is 20.1 Å². The molecule has 31 heavy (non-hydrogen) atoms. The molecule has 158 valence electrons. The Morgan fingerprint density at radius 3 is 2.58 bits per heavy atom. The molecule has 8 heteroatoms. The van der Waals surface area contributed by atoms with Gasteiger partial charge in [0.15, 0.2) is 5.16 Å². The molecule has 2 heterocycles. The van der Waals surface area contributed by atoms with Crippen LogP contribution in [-0.4, -0.2) is 26.4 Å². The Labute approximate surface area is 183 Å². The van der Waals surface area contributed by atoms with E-state index in [-0.39, 0.29) is 23.5 Å². The molecule has 1 atom stereocenters. The fourth-order valence-electron chi connectivity index (χ4n) is 3.16. The summed E-state index contributed by atoms with van der Waals surface area (Å²) < 4.78 is 20.7. The van der Waals surface area contributed by atoms with E-state index in [1.54, 1.807) is 24.5 Å². The van der Waals surface area contributed by atoms with Crippen LogP contribution in [0.15, 0.2) is 82.6 Å². The van der Waals surface area contributed by atoms with Crippen LogP contribution in [-0.2, 0) is 11.2 Å². The molecular formula is C23H21FN4O2S. The van der Waals surface area contributed by atoms with Crippen LogP contribution >= 0.6 is 11.8 Å². The molecule has 0 aliphatic rings. The number of hydrogen-bond acceptors (Lipinski definition) is 5. The quantitative estimate of drug-likeness (QED) is 0.410. The number of furan rings is 1. The molecule has 0 saturated heterocycles. The van der Waals surface area contributed by atoms with E-state index >= 15 is 0 Å². The number of aromatic nitrogens is 3. The van der Waals surface area contributed by atoms with Crippen molar-refractivity contribution >= 4 is 17.7 Å². The number of carbonyl (C=O) groups is 1. The normalized spacial score (nSPS) is 11.9. The van der Waals surface area contributed by atoms with Gasteiger partial charge in [0.25, 0.3) is 0 Å². The average molecular weight is 437 g/mol. The van der Waals surface area contributed by atoms with E-state index in [0.717, 1.165) is 11.3 Å². The second-order valence-corrected chi connectivity index (χ2v) is 7.91. The highest BCUT2D eigenvalue weighted by Gasteiger charge is 2.18. The van der Waals surface area contributed by atoms with Gasteiger partial charge in [-0.25, -0.2) is 4.39 Å². The van der Waals surface area contributed by atoms with Crippen molar-refractivity contribution in [2.24, 2.45) is 0 Å². The number of nitrogens with zero attached hydrogens (tertiary/aromatic N) is 3. The molecule has 0 aliphatic heterocycles. The molecule has 2 aromatic carbocycles. The number of thioether (sulfide) groups is 1. The van der Waals surface area contributed by atoms with Crippen LogP contribution in [0.25, 0.3) is 5.69 Å². The highest BCUT2D eigenvalue weighted by Crippen LogP contribution is 2.24. The van der Waals surface area contributed by atoms with Crippen LogP contribution in [0.1, 0.15) is 30.1 Å². The third-order valence-electron chi connectivity index (χ3n) is 4.67. The Morgan fingerprint density at radius 1 is 1.10 bits per heavy atom. The first-order valence-electron chi connectivity index (χ1n) is 9.80. The van der Waals surface area contributed by atoms with E-state index in [1.807, 2.05) is 47.9 Å². The van der Waals surface area contributed by atoms with Crippen LogP contribution in [0.4, 0.5) is 4.39 Å². The second-order valence-electron chi connectivity index (χ2n) is 6.97. The van der Waals surface area contributed by atoms with Gasteiger partial charge in [-0.2, -0.15) is 0 Å². The SMILES string of the molecule is CC(NC(=O)CSc1nnc(Cc2ccccc2)n1-c1ccc(F)cc1)c1ccco1. The summed E-state index contributed by atoms with van der Waals surface area (Å²) in [4.78, 5) is 12.4. The molecule has 0 radical (unpaired) electrons. The van der Waals surface area contributed by atoms with Gasteiger partial charge in [0.2, 0.25) is 5.91 Å². The standard InChI is InChI=1S/C23H21FN4O2S/c1-16(20-8-5-13-30-20)25-22(29)15-31-23-27-26-21(14-17-6-3-2-4-7-17)28(23)19-11-9-18(24)10-12-19/h2-13,16H,14-15H2,1H3,(H,25,29). The topological polar surface area (TPSA) is 73.0 Å².